The Bertz CT molecular complexity index is 922. The van der Waals surface area contributed by atoms with Crippen LogP contribution in [0.2, 0.25) is 0 Å². The lowest BCUT2D eigenvalue weighted by Gasteiger charge is -2.27. The van der Waals surface area contributed by atoms with Crippen LogP contribution in [0.15, 0.2) is 22.7 Å². The lowest BCUT2D eigenvalue weighted by atomic mass is 10.1. The fraction of sp³-hybridized carbons (Fsp3) is 0.500. The first kappa shape index (κ1) is 15.8. The van der Waals surface area contributed by atoms with Gasteiger partial charge in [-0.25, -0.2) is 4.98 Å². The normalized spacial score (nSPS) is 21.0. The van der Waals surface area contributed by atoms with Crippen LogP contribution in [-0.2, 0) is 16.5 Å². The maximum absolute atomic E-state index is 5.49. The standard InChI is InChI=1S/C18H21N5O3/c1-22-15-3-2-12(17-20-16(21-26-17)13-4-7-25-11-13)10-14(15)19-18(22)23-5-8-24-9-6-23/h2-3,10,13H,4-9,11H2,1H3. The molecule has 0 amide bonds. The van der Waals surface area contributed by atoms with Crippen LogP contribution < -0.4 is 4.90 Å². The van der Waals surface area contributed by atoms with Crippen molar-refractivity contribution in [1.29, 1.82) is 0 Å². The van der Waals surface area contributed by atoms with Crippen LogP contribution >= 0.6 is 0 Å². The Hall–Kier alpha value is -2.45. The van der Waals surface area contributed by atoms with Crippen molar-refractivity contribution in [3.63, 3.8) is 0 Å². The summed E-state index contributed by atoms with van der Waals surface area (Å²) in [4.78, 5) is 11.7. The van der Waals surface area contributed by atoms with Crippen LogP contribution in [0.25, 0.3) is 22.5 Å². The Morgan fingerprint density at radius 3 is 2.77 bits per heavy atom. The summed E-state index contributed by atoms with van der Waals surface area (Å²) in [6.45, 7) is 4.63. The van der Waals surface area contributed by atoms with Gasteiger partial charge in [-0.2, -0.15) is 4.98 Å². The molecule has 8 nitrogen and oxygen atoms in total. The maximum atomic E-state index is 5.49. The molecule has 2 aromatic heterocycles. The minimum Gasteiger partial charge on any atom is -0.381 e. The molecule has 0 N–H and O–H groups in total. The molecule has 1 atom stereocenters. The fourth-order valence-corrected chi connectivity index (χ4v) is 3.62. The molecule has 0 spiro atoms. The zero-order valence-corrected chi connectivity index (χ0v) is 14.7. The van der Waals surface area contributed by atoms with Gasteiger partial charge in [-0.1, -0.05) is 5.16 Å². The van der Waals surface area contributed by atoms with Crippen molar-refractivity contribution >= 4 is 17.0 Å². The van der Waals surface area contributed by atoms with E-state index < -0.39 is 0 Å². The molecule has 1 unspecified atom stereocenters. The molecule has 8 heteroatoms. The number of nitrogens with zero attached hydrogens (tertiary/aromatic N) is 5. The van der Waals surface area contributed by atoms with Gasteiger partial charge in [-0.05, 0) is 24.6 Å². The molecule has 2 fully saturated rings. The predicted octanol–water partition coefficient (Wildman–Crippen LogP) is 1.96. The Morgan fingerprint density at radius 1 is 1.08 bits per heavy atom. The third-order valence-corrected chi connectivity index (χ3v) is 5.13. The van der Waals surface area contributed by atoms with Gasteiger partial charge in [-0.3, -0.25) is 0 Å². The number of benzene rings is 1. The highest BCUT2D eigenvalue weighted by Gasteiger charge is 2.24. The van der Waals surface area contributed by atoms with Gasteiger partial charge < -0.3 is 23.5 Å². The third kappa shape index (κ3) is 2.65. The molecular weight excluding hydrogens is 334 g/mol. The predicted molar refractivity (Wildman–Crippen MR) is 95.2 cm³/mol. The molecule has 5 rings (SSSR count). The third-order valence-electron chi connectivity index (χ3n) is 5.13. The number of hydrogen-bond donors (Lipinski definition) is 0. The van der Waals surface area contributed by atoms with Crippen molar-refractivity contribution in [2.45, 2.75) is 12.3 Å². The summed E-state index contributed by atoms with van der Waals surface area (Å²) in [7, 11) is 2.05. The number of rotatable bonds is 3. The number of morpholine rings is 1. The number of aryl methyl sites for hydroxylation is 1. The van der Waals surface area contributed by atoms with E-state index in [1.165, 1.54) is 0 Å². The van der Waals surface area contributed by atoms with Gasteiger partial charge in [0.25, 0.3) is 5.89 Å². The summed E-state index contributed by atoms with van der Waals surface area (Å²) in [5, 5.41) is 4.14. The minimum atomic E-state index is 0.235. The summed E-state index contributed by atoms with van der Waals surface area (Å²) in [6.07, 6.45) is 0.946. The second-order valence-corrected chi connectivity index (χ2v) is 6.79. The molecule has 0 aliphatic carbocycles. The van der Waals surface area contributed by atoms with Crippen molar-refractivity contribution in [2.75, 3.05) is 44.4 Å². The van der Waals surface area contributed by atoms with Gasteiger partial charge in [0, 0.05) is 38.2 Å². The molecule has 2 aliphatic heterocycles. The number of imidazole rings is 1. The first-order chi connectivity index (χ1) is 12.8. The topological polar surface area (TPSA) is 78.4 Å². The lowest BCUT2D eigenvalue weighted by molar-refractivity contribution is 0.122. The largest absolute Gasteiger partial charge is 0.381 e. The van der Waals surface area contributed by atoms with Crippen molar-refractivity contribution in [1.82, 2.24) is 19.7 Å². The van der Waals surface area contributed by atoms with Crippen molar-refractivity contribution in [3.8, 4) is 11.5 Å². The van der Waals surface area contributed by atoms with Crippen LogP contribution in [0.3, 0.4) is 0 Å². The van der Waals surface area contributed by atoms with E-state index >= 15 is 0 Å². The van der Waals surface area contributed by atoms with E-state index in [-0.39, 0.29) is 5.92 Å². The molecule has 4 heterocycles. The summed E-state index contributed by atoms with van der Waals surface area (Å²) in [6, 6.07) is 6.08. The zero-order valence-electron chi connectivity index (χ0n) is 14.7. The minimum absolute atomic E-state index is 0.235. The smallest absolute Gasteiger partial charge is 0.258 e. The van der Waals surface area contributed by atoms with E-state index in [0.29, 0.717) is 12.5 Å². The first-order valence-electron chi connectivity index (χ1n) is 9.00. The number of aromatic nitrogens is 4. The van der Waals surface area contributed by atoms with Crippen LogP contribution in [0.5, 0.6) is 0 Å². The molecule has 2 saturated heterocycles. The average Bonchev–Trinajstić information content (AvgIpc) is 3.42. The van der Waals surface area contributed by atoms with Crippen molar-refractivity contribution < 1.29 is 14.0 Å². The molecule has 2 aliphatic rings. The highest BCUT2D eigenvalue weighted by molar-refractivity contribution is 5.83. The Labute approximate surface area is 150 Å². The second-order valence-electron chi connectivity index (χ2n) is 6.79. The molecule has 3 aromatic rings. The van der Waals surface area contributed by atoms with Gasteiger partial charge >= 0.3 is 0 Å². The van der Waals surface area contributed by atoms with Crippen LogP contribution in [0.4, 0.5) is 5.95 Å². The Kier molecular flexibility index (Phi) is 3.86. The summed E-state index contributed by atoms with van der Waals surface area (Å²) < 4.78 is 18.5. The van der Waals surface area contributed by atoms with Gasteiger partial charge in [0.05, 0.1) is 30.9 Å². The maximum Gasteiger partial charge on any atom is 0.258 e. The highest BCUT2D eigenvalue weighted by Crippen LogP contribution is 2.29. The summed E-state index contributed by atoms with van der Waals surface area (Å²) in [5.74, 6) is 2.47. The van der Waals surface area contributed by atoms with E-state index in [9.17, 15) is 0 Å². The molecule has 0 saturated carbocycles. The van der Waals surface area contributed by atoms with E-state index in [2.05, 4.69) is 25.7 Å². The number of fused-ring (bicyclic) bond motifs is 1. The molecular formula is C18H21N5O3. The van der Waals surface area contributed by atoms with E-state index in [1.807, 2.05) is 19.2 Å². The van der Waals surface area contributed by atoms with Crippen LogP contribution in [-0.4, -0.2) is 59.2 Å². The van der Waals surface area contributed by atoms with Gasteiger partial charge in [0.2, 0.25) is 5.95 Å². The van der Waals surface area contributed by atoms with E-state index in [0.717, 1.165) is 67.7 Å². The number of ether oxygens (including phenoxy) is 2. The Morgan fingerprint density at radius 2 is 1.96 bits per heavy atom. The molecule has 136 valence electrons. The van der Waals surface area contributed by atoms with Gasteiger partial charge in [0.15, 0.2) is 5.82 Å². The van der Waals surface area contributed by atoms with E-state index in [1.54, 1.807) is 0 Å². The SMILES string of the molecule is Cn1c(N2CCOCC2)nc2cc(-c3nc(C4CCOC4)no3)ccc21. The molecule has 0 bridgehead atoms. The quantitative estimate of drug-likeness (QED) is 0.711. The monoisotopic (exact) mass is 355 g/mol. The van der Waals surface area contributed by atoms with Crippen LogP contribution in [0.1, 0.15) is 18.2 Å². The van der Waals surface area contributed by atoms with Crippen molar-refractivity contribution in [3.05, 3.63) is 24.0 Å². The highest BCUT2D eigenvalue weighted by atomic mass is 16.5. The van der Waals surface area contributed by atoms with Crippen LogP contribution in [0, 0.1) is 0 Å². The number of hydrogen-bond acceptors (Lipinski definition) is 7. The second kappa shape index (κ2) is 6.37. The molecule has 26 heavy (non-hydrogen) atoms. The summed E-state index contributed by atoms with van der Waals surface area (Å²) >= 11 is 0. The fourth-order valence-electron chi connectivity index (χ4n) is 3.62. The van der Waals surface area contributed by atoms with E-state index in [4.69, 9.17) is 19.0 Å². The zero-order chi connectivity index (χ0) is 17.5. The Balaban J connectivity index is 1.47. The first-order valence-corrected chi connectivity index (χ1v) is 9.00. The van der Waals surface area contributed by atoms with Gasteiger partial charge in [-0.15, -0.1) is 0 Å². The number of anilines is 1. The lowest BCUT2D eigenvalue weighted by Crippen LogP contribution is -2.37. The van der Waals surface area contributed by atoms with Gasteiger partial charge in [0.1, 0.15) is 0 Å². The molecule has 0 radical (unpaired) electrons. The average molecular weight is 355 g/mol. The summed E-state index contributed by atoms with van der Waals surface area (Å²) in [5.41, 5.74) is 2.90. The molecule has 1 aromatic carbocycles. The van der Waals surface area contributed by atoms with Crippen molar-refractivity contribution in [2.24, 2.45) is 7.05 Å².